The molecule has 8 nitrogen and oxygen atoms in total. The maximum Gasteiger partial charge on any atom is 0.306 e. The molecule has 0 aliphatic heterocycles. The Hall–Kier alpha value is -0.760. The molecule has 0 fully saturated rings. The number of nitrogens with zero attached hydrogens (tertiary/aromatic N) is 1. The van der Waals surface area contributed by atoms with Crippen LogP contribution in [0.1, 0.15) is 174 Å². The lowest BCUT2D eigenvalue weighted by molar-refractivity contribution is -0.870. The minimum atomic E-state index is -4.51. The first-order chi connectivity index (χ1) is 23.1. The van der Waals surface area contributed by atoms with Gasteiger partial charge in [0.2, 0.25) is 0 Å². The molecule has 0 rings (SSSR count). The summed E-state index contributed by atoms with van der Waals surface area (Å²) in [5.41, 5.74) is 0. The van der Waals surface area contributed by atoms with Gasteiger partial charge in [-0.25, -0.2) is 0 Å². The molecule has 2 unspecified atom stereocenters. The minimum Gasteiger partial charge on any atom is -0.756 e. The number of unbranched alkanes of at least 4 members (excludes halogenated alkanes) is 21. The quantitative estimate of drug-likeness (QED) is 0.0209. The molecule has 0 aliphatic carbocycles. The molecule has 0 saturated carbocycles. The summed E-state index contributed by atoms with van der Waals surface area (Å²) >= 11 is 0. The highest BCUT2D eigenvalue weighted by molar-refractivity contribution is 7.45. The van der Waals surface area contributed by atoms with Crippen LogP contribution < -0.4 is 4.89 Å². The van der Waals surface area contributed by atoms with Gasteiger partial charge in [0.1, 0.15) is 19.3 Å². The first-order valence-corrected chi connectivity index (χ1v) is 21.4. The second kappa shape index (κ2) is 33.4. The Morgan fingerprint density at radius 2 is 1.12 bits per heavy atom. The molecule has 9 heteroatoms. The smallest absolute Gasteiger partial charge is 0.306 e. The highest BCUT2D eigenvalue weighted by Gasteiger charge is 2.20. The predicted molar refractivity (Wildman–Crippen MR) is 199 cm³/mol. The Labute approximate surface area is 297 Å². The number of quaternary nitrogens is 1. The fourth-order valence-corrected chi connectivity index (χ4v) is 6.16. The topological polar surface area (TPSA) is 94.1 Å². The SMILES string of the molecule is CCC/C=C\CCCCCCCC(=O)OC(COCCCCCCCCCCCCCCCCCC)COP(=O)([O-])OCC[N+](C)(C)C. The largest absolute Gasteiger partial charge is 0.756 e. The van der Waals surface area contributed by atoms with Gasteiger partial charge in [-0.2, -0.15) is 0 Å². The number of allylic oxidation sites excluding steroid dienone is 2. The zero-order valence-electron chi connectivity index (χ0n) is 32.2. The van der Waals surface area contributed by atoms with Crippen molar-refractivity contribution in [1.82, 2.24) is 0 Å². The Balaban J connectivity index is 4.21. The molecule has 2 atom stereocenters. The second-order valence-corrected chi connectivity index (χ2v) is 16.1. The highest BCUT2D eigenvalue weighted by Crippen LogP contribution is 2.38. The van der Waals surface area contributed by atoms with Crippen LogP contribution in [0.5, 0.6) is 0 Å². The van der Waals surface area contributed by atoms with E-state index in [0.29, 0.717) is 24.1 Å². The van der Waals surface area contributed by atoms with Gasteiger partial charge in [0.25, 0.3) is 7.82 Å². The van der Waals surface area contributed by atoms with E-state index in [1.807, 2.05) is 21.1 Å². The molecule has 0 aliphatic rings. The zero-order valence-corrected chi connectivity index (χ0v) is 33.1. The number of rotatable bonds is 37. The predicted octanol–water partition coefficient (Wildman–Crippen LogP) is 10.5. The molecular weight excluding hydrogens is 625 g/mol. The van der Waals surface area contributed by atoms with Gasteiger partial charge >= 0.3 is 5.97 Å². The van der Waals surface area contributed by atoms with Crippen molar-refractivity contribution in [3.63, 3.8) is 0 Å². The third kappa shape index (κ3) is 36.5. The van der Waals surface area contributed by atoms with Crippen molar-refractivity contribution in [1.29, 1.82) is 0 Å². The fourth-order valence-electron chi connectivity index (χ4n) is 5.43. The number of hydrogen-bond acceptors (Lipinski definition) is 7. The van der Waals surface area contributed by atoms with E-state index in [2.05, 4.69) is 26.0 Å². The number of carbonyl (C=O) groups is 1. The van der Waals surface area contributed by atoms with Crippen molar-refractivity contribution in [2.45, 2.75) is 180 Å². The van der Waals surface area contributed by atoms with Gasteiger partial charge < -0.3 is 27.9 Å². The maximum absolute atomic E-state index is 12.6. The highest BCUT2D eigenvalue weighted by atomic mass is 31.2. The van der Waals surface area contributed by atoms with Crippen LogP contribution in [-0.4, -0.2) is 70.7 Å². The summed E-state index contributed by atoms with van der Waals surface area (Å²) in [4.78, 5) is 24.9. The van der Waals surface area contributed by atoms with E-state index in [0.717, 1.165) is 51.4 Å². The van der Waals surface area contributed by atoms with Gasteiger partial charge in [-0.05, 0) is 32.1 Å². The summed E-state index contributed by atoms with van der Waals surface area (Å²) in [5, 5.41) is 0. The molecule has 0 saturated heterocycles. The minimum absolute atomic E-state index is 0.0273. The number of phosphoric ester groups is 1. The molecule has 0 bridgehead atoms. The van der Waals surface area contributed by atoms with Gasteiger partial charge in [0, 0.05) is 13.0 Å². The lowest BCUT2D eigenvalue weighted by Crippen LogP contribution is -2.37. The first kappa shape index (κ1) is 47.2. The average Bonchev–Trinajstić information content (AvgIpc) is 3.03. The summed E-state index contributed by atoms with van der Waals surface area (Å²) in [6, 6.07) is 0. The molecule has 0 aromatic carbocycles. The van der Waals surface area contributed by atoms with Gasteiger partial charge in [-0.15, -0.1) is 0 Å². The first-order valence-electron chi connectivity index (χ1n) is 19.9. The molecule has 0 aromatic heterocycles. The summed E-state index contributed by atoms with van der Waals surface area (Å²) in [6.45, 7) is 5.36. The summed E-state index contributed by atoms with van der Waals surface area (Å²) in [7, 11) is 1.36. The molecule has 0 heterocycles. The molecule has 0 aromatic rings. The van der Waals surface area contributed by atoms with E-state index in [-0.39, 0.29) is 25.8 Å². The molecule has 286 valence electrons. The number of likely N-dealkylation sites (N-methyl/N-ethyl adjacent to an activating group) is 1. The lowest BCUT2D eigenvalue weighted by Gasteiger charge is -2.28. The molecular formula is C39H78NO7P. The van der Waals surface area contributed by atoms with Gasteiger partial charge in [-0.1, -0.05) is 148 Å². The van der Waals surface area contributed by atoms with E-state index in [1.165, 1.54) is 103 Å². The molecule has 48 heavy (non-hydrogen) atoms. The van der Waals surface area contributed by atoms with Crippen LogP contribution in [0.2, 0.25) is 0 Å². The normalized spacial score (nSPS) is 14.0. The van der Waals surface area contributed by atoms with Crippen LogP contribution in [0.15, 0.2) is 12.2 Å². The zero-order chi connectivity index (χ0) is 35.6. The van der Waals surface area contributed by atoms with E-state index in [4.69, 9.17) is 18.5 Å². The number of phosphoric acid groups is 1. The van der Waals surface area contributed by atoms with E-state index in [1.54, 1.807) is 0 Å². The van der Waals surface area contributed by atoms with E-state index in [9.17, 15) is 14.3 Å². The van der Waals surface area contributed by atoms with Gasteiger partial charge in [-0.3, -0.25) is 9.36 Å². The Kier molecular flexibility index (Phi) is 32.9. The maximum atomic E-state index is 12.6. The molecule has 0 amide bonds. The molecule has 0 spiro atoms. The van der Waals surface area contributed by atoms with Crippen LogP contribution in [0.25, 0.3) is 0 Å². The van der Waals surface area contributed by atoms with Crippen LogP contribution in [-0.2, 0) is 27.9 Å². The summed E-state index contributed by atoms with van der Waals surface area (Å²) < 4.78 is 34.4. The van der Waals surface area contributed by atoms with Crippen molar-refractivity contribution in [2.24, 2.45) is 0 Å². The summed E-state index contributed by atoms with van der Waals surface area (Å²) in [6.07, 6.45) is 33.6. The monoisotopic (exact) mass is 704 g/mol. The number of carbonyl (C=O) groups excluding carboxylic acids is 1. The fraction of sp³-hybridized carbons (Fsp3) is 0.923. The summed E-state index contributed by atoms with van der Waals surface area (Å²) in [5.74, 6) is -0.344. The molecule has 0 radical (unpaired) electrons. The molecule has 0 N–H and O–H groups in total. The second-order valence-electron chi connectivity index (χ2n) is 14.6. The van der Waals surface area contributed by atoms with Crippen molar-refractivity contribution >= 4 is 13.8 Å². The van der Waals surface area contributed by atoms with Crippen LogP contribution in [0, 0.1) is 0 Å². The van der Waals surface area contributed by atoms with Gasteiger partial charge in [0.15, 0.2) is 0 Å². The van der Waals surface area contributed by atoms with Crippen molar-refractivity contribution in [3.8, 4) is 0 Å². The number of hydrogen-bond donors (Lipinski definition) is 0. The van der Waals surface area contributed by atoms with E-state index < -0.39 is 13.9 Å². The van der Waals surface area contributed by atoms with Crippen molar-refractivity contribution in [2.75, 3.05) is 54.1 Å². The Bertz CT molecular complexity index is 787. The average molecular weight is 704 g/mol. The van der Waals surface area contributed by atoms with Crippen LogP contribution >= 0.6 is 7.82 Å². The lowest BCUT2D eigenvalue weighted by atomic mass is 10.0. The van der Waals surface area contributed by atoms with Gasteiger partial charge in [0.05, 0.1) is 34.4 Å². The van der Waals surface area contributed by atoms with E-state index >= 15 is 0 Å². The number of ether oxygens (including phenoxy) is 2. The van der Waals surface area contributed by atoms with Crippen molar-refractivity contribution < 1.29 is 37.3 Å². The number of esters is 1. The standard InChI is InChI=1S/C39H78NO7P/c1-6-8-10-12-14-16-18-19-20-21-22-23-25-27-29-31-34-44-36-38(37-46-48(42,43)45-35-33-40(3,4)5)47-39(41)32-30-28-26-24-17-15-13-11-9-7-2/h11,13,38H,6-10,12,14-37H2,1-5H3/b13-11-. The van der Waals surface area contributed by atoms with Crippen LogP contribution in [0.4, 0.5) is 0 Å². The van der Waals surface area contributed by atoms with Crippen LogP contribution in [0.3, 0.4) is 0 Å². The third-order valence-electron chi connectivity index (χ3n) is 8.55. The van der Waals surface area contributed by atoms with Crippen molar-refractivity contribution in [3.05, 3.63) is 12.2 Å². The Morgan fingerprint density at radius 1 is 0.625 bits per heavy atom. The Morgan fingerprint density at radius 3 is 1.67 bits per heavy atom. The third-order valence-corrected chi connectivity index (χ3v) is 9.51.